The Morgan fingerprint density at radius 1 is 1.10 bits per heavy atom. The van der Waals surface area contributed by atoms with Crippen molar-refractivity contribution >= 4 is 52.8 Å². The zero-order chi connectivity index (χ0) is 22.8. The third kappa shape index (κ3) is 8.27. The number of benzene rings is 2. The second-order valence-corrected chi connectivity index (χ2v) is 7.39. The highest BCUT2D eigenvalue weighted by atomic mass is 35.5. The molecule has 0 bridgehead atoms. The van der Waals surface area contributed by atoms with Crippen molar-refractivity contribution in [3.8, 4) is 5.75 Å². The normalized spacial score (nSPS) is 11.6. The van der Waals surface area contributed by atoms with E-state index >= 15 is 0 Å². The first-order chi connectivity index (χ1) is 14.8. The predicted molar refractivity (Wildman–Crippen MR) is 121 cm³/mol. The molecule has 0 aromatic heterocycles. The number of ether oxygens (including phenoxy) is 1. The molecule has 0 radical (unpaired) electrons. The number of hydrogen-bond donors (Lipinski definition) is 3. The molecular weight excluding hydrogens is 443 g/mol. The number of rotatable bonds is 8. The smallest absolute Gasteiger partial charge is 0.329 e. The molecule has 0 unspecified atom stereocenters. The van der Waals surface area contributed by atoms with Gasteiger partial charge < -0.3 is 15.4 Å². The first-order valence-electron chi connectivity index (χ1n) is 9.40. The van der Waals surface area contributed by atoms with Gasteiger partial charge in [0.15, 0.2) is 6.61 Å². The molecule has 2 aromatic rings. The summed E-state index contributed by atoms with van der Waals surface area (Å²) in [6.07, 6.45) is 2.02. The van der Waals surface area contributed by atoms with E-state index in [1.54, 1.807) is 49.4 Å². The number of nitrogens with zero attached hydrogens (tertiary/aromatic N) is 1. The quantitative estimate of drug-likeness (QED) is 0.316. The van der Waals surface area contributed by atoms with Crippen LogP contribution < -0.4 is 20.8 Å². The topological polar surface area (TPSA) is 109 Å². The first-order valence-corrected chi connectivity index (χ1v) is 10.2. The molecule has 1 atom stereocenters. The lowest BCUT2D eigenvalue weighted by molar-refractivity contribution is -0.139. The highest BCUT2D eigenvalue weighted by Crippen LogP contribution is 2.22. The van der Waals surface area contributed by atoms with Crippen molar-refractivity contribution in [2.24, 2.45) is 5.10 Å². The minimum atomic E-state index is -0.880. The van der Waals surface area contributed by atoms with Crippen LogP contribution in [-0.4, -0.2) is 36.6 Å². The second kappa shape index (κ2) is 11.9. The van der Waals surface area contributed by atoms with Crippen molar-refractivity contribution in [3.63, 3.8) is 0 Å². The van der Waals surface area contributed by atoms with Gasteiger partial charge in [0.05, 0.1) is 6.21 Å². The molecule has 8 nitrogen and oxygen atoms in total. The molecule has 0 saturated heterocycles. The van der Waals surface area contributed by atoms with Crippen LogP contribution in [0.5, 0.6) is 5.75 Å². The maximum atomic E-state index is 12.2. The highest BCUT2D eigenvalue weighted by Gasteiger charge is 2.14. The Labute approximate surface area is 189 Å². The largest absolute Gasteiger partial charge is 0.483 e. The molecule has 0 aliphatic carbocycles. The van der Waals surface area contributed by atoms with Gasteiger partial charge in [-0.2, -0.15) is 5.10 Å². The van der Waals surface area contributed by atoms with Crippen molar-refractivity contribution in [1.82, 2.24) is 10.7 Å². The molecule has 2 aromatic carbocycles. The number of nitrogens with one attached hydrogen (secondary N) is 3. The summed E-state index contributed by atoms with van der Waals surface area (Å²) in [6.45, 7) is 3.40. The molecule has 2 rings (SSSR count). The molecule has 3 N–H and O–H groups in total. The summed E-state index contributed by atoms with van der Waals surface area (Å²) in [6, 6.07) is 11.3. The number of hydrogen-bond acceptors (Lipinski definition) is 5. The molecule has 0 saturated carbocycles. The standard InChI is InChI=1S/C21H22Cl2N4O4/c1-3-13(2)25-20(29)21(30)27-24-11-14-6-4-5-7-18(14)31-12-19(28)26-17-9-15(22)8-16(23)10-17/h4-11,13H,3,12H2,1-2H3,(H,25,29)(H,26,28)(H,27,30)/b24-11-/t13-/m0/s1. The third-order valence-electron chi connectivity index (χ3n) is 3.99. The van der Waals surface area contributed by atoms with Crippen LogP contribution in [0.2, 0.25) is 10.0 Å². The van der Waals surface area contributed by atoms with Crippen LogP contribution in [0.25, 0.3) is 0 Å². The second-order valence-electron chi connectivity index (χ2n) is 6.51. The van der Waals surface area contributed by atoms with Gasteiger partial charge in [0.1, 0.15) is 5.75 Å². The lowest BCUT2D eigenvalue weighted by Gasteiger charge is -2.10. The van der Waals surface area contributed by atoms with Crippen LogP contribution >= 0.6 is 23.2 Å². The van der Waals surface area contributed by atoms with E-state index in [-0.39, 0.29) is 12.6 Å². The zero-order valence-corrected chi connectivity index (χ0v) is 18.5. The fourth-order valence-electron chi connectivity index (χ4n) is 2.29. The van der Waals surface area contributed by atoms with Gasteiger partial charge in [-0.25, -0.2) is 5.43 Å². The van der Waals surface area contributed by atoms with Gasteiger partial charge in [-0.3, -0.25) is 14.4 Å². The molecule has 10 heteroatoms. The maximum absolute atomic E-state index is 12.2. The number of carbonyl (C=O) groups is 3. The molecule has 0 aliphatic heterocycles. The Morgan fingerprint density at radius 3 is 2.45 bits per heavy atom. The summed E-state index contributed by atoms with van der Waals surface area (Å²) < 4.78 is 5.54. The lowest BCUT2D eigenvalue weighted by atomic mass is 10.2. The zero-order valence-electron chi connectivity index (χ0n) is 16.9. The molecule has 3 amide bonds. The van der Waals surface area contributed by atoms with Gasteiger partial charge in [-0.1, -0.05) is 42.3 Å². The molecule has 31 heavy (non-hydrogen) atoms. The number of halogens is 2. The van der Waals surface area contributed by atoms with Crippen LogP contribution in [0, 0.1) is 0 Å². The van der Waals surface area contributed by atoms with E-state index < -0.39 is 17.7 Å². The van der Waals surface area contributed by atoms with E-state index in [4.69, 9.17) is 27.9 Å². The van der Waals surface area contributed by atoms with Crippen molar-refractivity contribution in [1.29, 1.82) is 0 Å². The third-order valence-corrected chi connectivity index (χ3v) is 4.43. The van der Waals surface area contributed by atoms with Gasteiger partial charge in [0.25, 0.3) is 5.91 Å². The minimum absolute atomic E-state index is 0.120. The predicted octanol–water partition coefficient (Wildman–Crippen LogP) is 3.38. The fourth-order valence-corrected chi connectivity index (χ4v) is 2.81. The van der Waals surface area contributed by atoms with Gasteiger partial charge in [-0.05, 0) is 43.7 Å². The monoisotopic (exact) mass is 464 g/mol. The van der Waals surface area contributed by atoms with Crippen molar-refractivity contribution < 1.29 is 19.1 Å². The van der Waals surface area contributed by atoms with Crippen LogP contribution in [0.15, 0.2) is 47.6 Å². The Kier molecular flexibility index (Phi) is 9.30. The van der Waals surface area contributed by atoms with E-state index in [2.05, 4.69) is 21.2 Å². The van der Waals surface area contributed by atoms with Crippen LogP contribution in [0.1, 0.15) is 25.8 Å². The maximum Gasteiger partial charge on any atom is 0.329 e. The number of anilines is 1. The van der Waals surface area contributed by atoms with Crippen molar-refractivity contribution in [2.45, 2.75) is 26.3 Å². The summed E-state index contributed by atoms with van der Waals surface area (Å²) in [4.78, 5) is 35.6. The Balaban J connectivity index is 1.92. The summed E-state index contributed by atoms with van der Waals surface area (Å²) in [7, 11) is 0. The van der Waals surface area contributed by atoms with Gasteiger partial charge in [0, 0.05) is 27.3 Å². The Bertz CT molecular complexity index is 961. The fraction of sp³-hybridized carbons (Fsp3) is 0.238. The molecule has 164 valence electrons. The highest BCUT2D eigenvalue weighted by molar-refractivity contribution is 6.35. The molecule has 0 fully saturated rings. The first kappa shape index (κ1) is 24.2. The lowest BCUT2D eigenvalue weighted by Crippen LogP contribution is -2.41. The van der Waals surface area contributed by atoms with Crippen molar-refractivity contribution in [3.05, 3.63) is 58.1 Å². The molecule has 0 heterocycles. The molecule has 0 spiro atoms. The van der Waals surface area contributed by atoms with E-state index in [0.29, 0.717) is 33.5 Å². The Morgan fingerprint density at radius 2 is 1.77 bits per heavy atom. The van der Waals surface area contributed by atoms with E-state index in [0.717, 1.165) is 0 Å². The SMILES string of the molecule is CC[C@H](C)NC(=O)C(=O)N/N=C\c1ccccc1OCC(=O)Nc1cc(Cl)cc(Cl)c1. The average molecular weight is 465 g/mol. The molecule has 0 aliphatic rings. The van der Waals surface area contributed by atoms with Crippen LogP contribution in [0.3, 0.4) is 0 Å². The molecular formula is C21H22Cl2N4O4. The summed E-state index contributed by atoms with van der Waals surface area (Å²) >= 11 is 11.8. The summed E-state index contributed by atoms with van der Waals surface area (Å²) in [5.74, 6) is -1.70. The van der Waals surface area contributed by atoms with Gasteiger partial charge in [0.2, 0.25) is 0 Å². The summed E-state index contributed by atoms with van der Waals surface area (Å²) in [5.41, 5.74) is 3.10. The average Bonchev–Trinajstić information content (AvgIpc) is 2.72. The van der Waals surface area contributed by atoms with E-state index in [1.165, 1.54) is 6.21 Å². The number of hydrazone groups is 1. The van der Waals surface area contributed by atoms with Gasteiger partial charge >= 0.3 is 11.8 Å². The Hall–Kier alpha value is -3.10. The van der Waals surface area contributed by atoms with Gasteiger partial charge in [-0.15, -0.1) is 0 Å². The van der Waals surface area contributed by atoms with E-state index in [1.807, 2.05) is 6.92 Å². The van der Waals surface area contributed by atoms with Crippen LogP contribution in [-0.2, 0) is 14.4 Å². The number of amides is 3. The van der Waals surface area contributed by atoms with Crippen LogP contribution in [0.4, 0.5) is 5.69 Å². The minimum Gasteiger partial charge on any atom is -0.483 e. The number of carbonyl (C=O) groups excluding carboxylic acids is 3. The van der Waals surface area contributed by atoms with E-state index in [9.17, 15) is 14.4 Å². The number of para-hydroxylation sites is 1. The van der Waals surface area contributed by atoms with Crippen molar-refractivity contribution in [2.75, 3.05) is 11.9 Å². The summed E-state index contributed by atoms with van der Waals surface area (Å²) in [5, 5.41) is 9.74.